The van der Waals surface area contributed by atoms with E-state index in [4.69, 9.17) is 0 Å². The van der Waals surface area contributed by atoms with Crippen LogP contribution >= 0.6 is 0 Å². The fraction of sp³-hybridized carbons (Fsp3) is 0.647. The van der Waals surface area contributed by atoms with Gasteiger partial charge in [-0.1, -0.05) is 11.6 Å². The molecular formula is C17H26N4O2S. The Morgan fingerprint density at radius 2 is 1.96 bits per heavy atom. The molecule has 0 aromatic carbocycles. The molecule has 1 N–H and O–H groups in total. The third-order valence-corrected chi connectivity index (χ3v) is 6.25. The molecule has 1 aliphatic heterocycles. The number of nitrogens with zero attached hydrogens (tertiary/aromatic N) is 3. The van der Waals surface area contributed by atoms with Crippen LogP contribution in [0.25, 0.3) is 0 Å². The lowest BCUT2D eigenvalue weighted by molar-refractivity contribution is 0.430. The van der Waals surface area contributed by atoms with Gasteiger partial charge in [-0.05, 0) is 39.0 Å². The van der Waals surface area contributed by atoms with E-state index >= 15 is 0 Å². The van der Waals surface area contributed by atoms with E-state index in [1.54, 1.807) is 6.33 Å². The highest BCUT2D eigenvalue weighted by Gasteiger charge is 2.24. The number of rotatable bonds is 4. The van der Waals surface area contributed by atoms with Crippen molar-refractivity contribution in [3.63, 3.8) is 0 Å². The van der Waals surface area contributed by atoms with Gasteiger partial charge in [0.05, 0.1) is 11.9 Å². The maximum absolute atomic E-state index is 11.8. The van der Waals surface area contributed by atoms with Crippen molar-refractivity contribution >= 4 is 15.8 Å². The van der Waals surface area contributed by atoms with Crippen LogP contribution in [-0.4, -0.2) is 48.1 Å². The maximum atomic E-state index is 11.8. The molecule has 2 heterocycles. The van der Waals surface area contributed by atoms with Crippen molar-refractivity contribution in [1.29, 1.82) is 0 Å². The van der Waals surface area contributed by atoms with E-state index in [0.29, 0.717) is 25.9 Å². The smallest absolute Gasteiger partial charge is 0.211 e. The van der Waals surface area contributed by atoms with E-state index in [1.807, 2.05) is 0 Å². The summed E-state index contributed by atoms with van der Waals surface area (Å²) in [4.78, 5) is 8.83. The van der Waals surface area contributed by atoms with E-state index in [9.17, 15) is 8.42 Å². The summed E-state index contributed by atoms with van der Waals surface area (Å²) in [6.45, 7) is 3.15. The van der Waals surface area contributed by atoms with Gasteiger partial charge in [-0.2, -0.15) is 0 Å². The summed E-state index contributed by atoms with van der Waals surface area (Å²) in [5.74, 6) is 0.856. The van der Waals surface area contributed by atoms with E-state index in [2.05, 4.69) is 28.3 Å². The summed E-state index contributed by atoms with van der Waals surface area (Å²) in [6.07, 6.45) is 11.3. The van der Waals surface area contributed by atoms with Gasteiger partial charge in [-0.25, -0.2) is 22.7 Å². The van der Waals surface area contributed by atoms with E-state index in [-0.39, 0.29) is 6.04 Å². The van der Waals surface area contributed by atoms with Crippen molar-refractivity contribution in [2.45, 2.75) is 51.5 Å². The SMILES string of the molecule is C[C@@H](Nc1ncnc2c1CCN(S(C)(=O)=O)CC2)C1=CCCCC1. The molecule has 1 atom stereocenters. The fourth-order valence-electron chi connectivity index (χ4n) is 3.52. The molecule has 132 valence electrons. The van der Waals surface area contributed by atoms with Gasteiger partial charge in [0, 0.05) is 31.1 Å². The molecule has 0 amide bonds. The Kier molecular flexibility index (Phi) is 5.20. The predicted octanol–water partition coefficient (Wildman–Crippen LogP) is 2.14. The van der Waals surface area contributed by atoms with Crippen LogP contribution in [-0.2, 0) is 22.9 Å². The summed E-state index contributed by atoms with van der Waals surface area (Å²) in [5.41, 5.74) is 3.47. The molecular weight excluding hydrogens is 324 g/mol. The van der Waals surface area contributed by atoms with Crippen LogP contribution in [0.3, 0.4) is 0 Å². The van der Waals surface area contributed by atoms with Crippen LogP contribution in [0.15, 0.2) is 18.0 Å². The van der Waals surface area contributed by atoms with Crippen LogP contribution in [0.1, 0.15) is 43.9 Å². The molecule has 7 heteroatoms. The number of nitrogens with one attached hydrogen (secondary N) is 1. The molecule has 0 fully saturated rings. The second-order valence-corrected chi connectivity index (χ2v) is 8.68. The lowest BCUT2D eigenvalue weighted by atomic mass is 9.94. The number of anilines is 1. The Bertz CT molecular complexity index is 730. The van der Waals surface area contributed by atoms with E-state index < -0.39 is 10.0 Å². The molecule has 0 radical (unpaired) electrons. The Morgan fingerprint density at radius 3 is 2.67 bits per heavy atom. The first-order valence-electron chi connectivity index (χ1n) is 8.68. The zero-order chi connectivity index (χ0) is 17.2. The van der Waals surface area contributed by atoms with E-state index in [1.165, 1.54) is 29.0 Å². The molecule has 0 unspecified atom stereocenters. The average Bonchev–Trinajstić information content (AvgIpc) is 2.79. The largest absolute Gasteiger partial charge is 0.364 e. The minimum Gasteiger partial charge on any atom is -0.364 e. The highest BCUT2D eigenvalue weighted by molar-refractivity contribution is 7.88. The zero-order valence-electron chi connectivity index (χ0n) is 14.5. The molecule has 0 saturated heterocycles. The molecule has 0 saturated carbocycles. The van der Waals surface area contributed by atoms with Crippen LogP contribution in [0.5, 0.6) is 0 Å². The minimum absolute atomic E-state index is 0.249. The number of fused-ring (bicyclic) bond motifs is 1. The quantitative estimate of drug-likeness (QED) is 0.842. The molecule has 1 aromatic rings. The van der Waals surface area contributed by atoms with Crippen LogP contribution < -0.4 is 5.32 Å². The lowest BCUT2D eigenvalue weighted by Gasteiger charge is -2.23. The summed E-state index contributed by atoms with van der Waals surface area (Å²) < 4.78 is 25.2. The van der Waals surface area contributed by atoms with Gasteiger partial charge in [-0.15, -0.1) is 0 Å². The van der Waals surface area contributed by atoms with E-state index in [0.717, 1.165) is 29.9 Å². The number of sulfonamides is 1. The van der Waals surface area contributed by atoms with Gasteiger partial charge in [0.2, 0.25) is 10.0 Å². The normalized spacial score (nSPS) is 20.7. The number of hydrogen-bond acceptors (Lipinski definition) is 5. The third-order valence-electron chi connectivity index (χ3n) is 4.95. The van der Waals surface area contributed by atoms with Gasteiger partial charge in [0.25, 0.3) is 0 Å². The first kappa shape index (κ1) is 17.4. The Hall–Kier alpha value is -1.47. The van der Waals surface area contributed by atoms with Crippen molar-refractivity contribution in [2.75, 3.05) is 24.7 Å². The highest BCUT2D eigenvalue weighted by Crippen LogP contribution is 2.25. The summed E-state index contributed by atoms with van der Waals surface area (Å²) in [5, 5.41) is 3.53. The van der Waals surface area contributed by atoms with Crippen molar-refractivity contribution in [3.05, 3.63) is 29.2 Å². The fourth-order valence-corrected chi connectivity index (χ4v) is 4.36. The molecule has 0 spiro atoms. The van der Waals surface area contributed by atoms with Crippen molar-refractivity contribution in [3.8, 4) is 0 Å². The lowest BCUT2D eigenvalue weighted by Crippen LogP contribution is -2.32. The molecule has 3 rings (SSSR count). The second-order valence-electron chi connectivity index (χ2n) is 6.70. The standard InChI is InChI=1S/C17H26N4O2S/c1-13(14-6-4-3-5-7-14)20-17-15-8-10-21(24(2,22)23)11-9-16(15)18-12-19-17/h6,12-13H,3-5,7-11H2,1-2H3,(H,18,19,20)/t13-/m1/s1. The molecule has 1 aliphatic carbocycles. The summed E-state index contributed by atoms with van der Waals surface area (Å²) >= 11 is 0. The van der Waals surface area contributed by atoms with Gasteiger partial charge in [0.15, 0.2) is 0 Å². The van der Waals surface area contributed by atoms with Crippen LogP contribution in [0.4, 0.5) is 5.82 Å². The van der Waals surface area contributed by atoms with Gasteiger partial charge in [-0.3, -0.25) is 0 Å². The first-order valence-corrected chi connectivity index (χ1v) is 10.5. The Morgan fingerprint density at radius 1 is 1.17 bits per heavy atom. The van der Waals surface area contributed by atoms with Crippen molar-refractivity contribution in [1.82, 2.24) is 14.3 Å². The highest BCUT2D eigenvalue weighted by atomic mass is 32.2. The predicted molar refractivity (Wildman–Crippen MR) is 95.5 cm³/mol. The number of aromatic nitrogens is 2. The number of allylic oxidation sites excluding steroid dienone is 1. The second kappa shape index (κ2) is 7.19. The average molecular weight is 350 g/mol. The monoisotopic (exact) mass is 350 g/mol. The van der Waals surface area contributed by atoms with Crippen molar-refractivity contribution in [2.24, 2.45) is 0 Å². The third kappa shape index (κ3) is 3.95. The van der Waals surface area contributed by atoms with Gasteiger partial charge >= 0.3 is 0 Å². The molecule has 2 aliphatic rings. The zero-order valence-corrected chi connectivity index (χ0v) is 15.3. The summed E-state index contributed by atoms with van der Waals surface area (Å²) in [7, 11) is -3.16. The molecule has 0 bridgehead atoms. The Labute approximate surface area is 144 Å². The topological polar surface area (TPSA) is 75.2 Å². The van der Waals surface area contributed by atoms with Gasteiger partial charge in [0.1, 0.15) is 12.1 Å². The molecule has 1 aromatic heterocycles. The number of hydrogen-bond donors (Lipinski definition) is 1. The minimum atomic E-state index is -3.16. The van der Waals surface area contributed by atoms with Crippen molar-refractivity contribution < 1.29 is 8.42 Å². The maximum Gasteiger partial charge on any atom is 0.211 e. The van der Waals surface area contributed by atoms with Crippen LogP contribution in [0, 0.1) is 0 Å². The van der Waals surface area contributed by atoms with Gasteiger partial charge < -0.3 is 5.32 Å². The Balaban J connectivity index is 1.79. The first-order chi connectivity index (χ1) is 11.4. The van der Waals surface area contributed by atoms with Crippen LogP contribution in [0.2, 0.25) is 0 Å². The summed E-state index contributed by atoms with van der Waals surface area (Å²) in [6, 6.07) is 0.249. The molecule has 6 nitrogen and oxygen atoms in total. The molecule has 24 heavy (non-hydrogen) atoms.